The zero-order chi connectivity index (χ0) is 14.4. The van der Waals surface area contributed by atoms with Crippen LogP contribution in [0.2, 0.25) is 0 Å². The van der Waals surface area contributed by atoms with E-state index in [1.54, 1.807) is 6.20 Å². The van der Waals surface area contributed by atoms with E-state index in [1.165, 1.54) is 0 Å². The smallest absolute Gasteiger partial charge is 0.167 e. The van der Waals surface area contributed by atoms with Crippen molar-refractivity contribution < 1.29 is 10.5 Å². The molecule has 2 fully saturated rings. The van der Waals surface area contributed by atoms with Crippen LogP contribution in [0.4, 0.5) is 10.2 Å². The third-order valence-electron chi connectivity index (χ3n) is 4.24. The second-order valence-corrected chi connectivity index (χ2v) is 5.47. The van der Waals surface area contributed by atoms with E-state index in [9.17, 15) is 4.39 Å². The summed E-state index contributed by atoms with van der Waals surface area (Å²) in [5, 5.41) is 0.558. The highest BCUT2D eigenvalue weighted by Crippen LogP contribution is 2.37. The van der Waals surface area contributed by atoms with E-state index in [2.05, 4.69) is 19.9 Å². The largest absolute Gasteiger partial charge is 0.373 e. The van der Waals surface area contributed by atoms with Crippen molar-refractivity contribution in [3.63, 3.8) is 0 Å². The monoisotopic (exact) mass is 275 g/mol. The first-order chi connectivity index (χ1) is 10.2. The van der Waals surface area contributed by atoms with Crippen molar-refractivity contribution in [1.29, 1.82) is 0 Å². The molecule has 2 aromatic heterocycles. The van der Waals surface area contributed by atoms with Crippen LogP contribution in [0.3, 0.4) is 0 Å². The summed E-state index contributed by atoms with van der Waals surface area (Å²) >= 11 is 0. The number of halogens is 1. The average molecular weight is 275 g/mol. The van der Waals surface area contributed by atoms with Crippen molar-refractivity contribution in [2.75, 3.05) is 24.6 Å². The Morgan fingerprint density at radius 3 is 3.05 bits per heavy atom. The fourth-order valence-electron chi connectivity index (χ4n) is 3.12. The van der Waals surface area contributed by atoms with E-state index in [4.69, 9.17) is 6.11 Å². The molecule has 0 aromatic carbocycles. The van der Waals surface area contributed by atoms with Crippen LogP contribution in [0.1, 0.15) is 20.6 Å². The molecule has 0 radical (unpaired) electrons. The van der Waals surface area contributed by atoms with Gasteiger partial charge in [0, 0.05) is 25.7 Å². The fourth-order valence-corrected chi connectivity index (χ4v) is 3.12. The second kappa shape index (κ2) is 4.34. The van der Waals surface area contributed by atoms with Crippen LogP contribution < -0.4 is 4.90 Å². The normalized spacial score (nSPS) is 26.6. The zero-order valence-electron chi connectivity index (χ0n) is 12.0. The zero-order valence-corrected chi connectivity index (χ0v) is 11.0. The van der Waals surface area contributed by atoms with Gasteiger partial charge in [-0.15, -0.1) is 0 Å². The van der Waals surface area contributed by atoms with E-state index in [0.717, 1.165) is 45.2 Å². The third-order valence-corrected chi connectivity index (χ3v) is 4.24. The van der Waals surface area contributed by atoms with Crippen LogP contribution in [0.25, 0.3) is 10.9 Å². The van der Waals surface area contributed by atoms with Crippen molar-refractivity contribution in [3.05, 3.63) is 24.5 Å². The predicted octanol–water partition coefficient (Wildman–Crippen LogP) is 1.92. The molecule has 2 aliphatic heterocycles. The molecule has 1 unspecified atom stereocenters. The Balaban J connectivity index is 1.80. The van der Waals surface area contributed by atoms with Gasteiger partial charge in [0.15, 0.2) is 5.82 Å². The van der Waals surface area contributed by atoms with E-state index in [0.29, 0.717) is 11.2 Å². The number of pyridine rings is 1. The molecule has 0 aliphatic carbocycles. The van der Waals surface area contributed by atoms with Crippen LogP contribution in [0.15, 0.2) is 18.7 Å². The summed E-state index contributed by atoms with van der Waals surface area (Å²) in [5.74, 6) is 0.0721. The van der Waals surface area contributed by atoms with Crippen LogP contribution in [0, 0.1) is 5.82 Å². The van der Waals surface area contributed by atoms with Crippen molar-refractivity contribution in [1.82, 2.24) is 15.0 Å². The van der Waals surface area contributed by atoms with Crippen LogP contribution in [0.5, 0.6) is 0 Å². The molecule has 4 rings (SSSR count). The minimum absolute atomic E-state index is 0.0849. The molecular weight excluding hydrogens is 259 g/mol. The van der Waals surface area contributed by atoms with Crippen LogP contribution in [-0.4, -0.2) is 40.2 Å². The van der Waals surface area contributed by atoms with E-state index < -0.39 is 5.82 Å². The molecule has 0 N–H and O–H groups in total. The molecule has 2 aliphatic rings. The summed E-state index contributed by atoms with van der Waals surface area (Å²) in [6.45, 7) is 2.36. The molecule has 5 nitrogen and oxygen atoms in total. The number of hydrogen-bond acceptors (Lipinski definition) is 5. The summed E-state index contributed by atoms with van der Waals surface area (Å²) in [6.07, 6.45) is 5.61. The molecule has 6 heteroatoms. The molecule has 1 atom stereocenters. The second-order valence-electron chi connectivity index (χ2n) is 5.47. The molecule has 0 saturated carbocycles. The molecule has 2 saturated heterocycles. The topological polar surface area (TPSA) is 51.1 Å². The van der Waals surface area contributed by atoms with Crippen molar-refractivity contribution in [2.24, 2.45) is 0 Å². The molecule has 4 heterocycles. The molecular formula is C14H15FN4O. The van der Waals surface area contributed by atoms with Gasteiger partial charge in [-0.25, -0.2) is 14.4 Å². The summed E-state index contributed by atoms with van der Waals surface area (Å²) in [4.78, 5) is 14.1. The predicted molar refractivity (Wildman–Crippen MR) is 72.0 cm³/mol. The van der Waals surface area contributed by atoms with Gasteiger partial charge in [-0.05, 0) is 12.8 Å². The SMILES string of the molecule is [2H]c1nc(N2CCCC3(CCO3)C2)c2cncc(F)c2n1. The molecule has 104 valence electrons. The quantitative estimate of drug-likeness (QED) is 0.796. The lowest BCUT2D eigenvalue weighted by Gasteiger charge is -2.48. The van der Waals surface area contributed by atoms with Gasteiger partial charge in [-0.2, -0.15) is 0 Å². The molecule has 0 bridgehead atoms. The first kappa shape index (κ1) is 10.9. The lowest BCUT2D eigenvalue weighted by atomic mass is 9.86. The minimum Gasteiger partial charge on any atom is -0.373 e. The minimum atomic E-state index is -0.517. The van der Waals surface area contributed by atoms with Crippen molar-refractivity contribution in [3.8, 4) is 0 Å². The number of nitrogens with zero attached hydrogens (tertiary/aromatic N) is 4. The first-order valence-electron chi connectivity index (χ1n) is 7.34. The Bertz CT molecular complexity index is 707. The van der Waals surface area contributed by atoms with Gasteiger partial charge in [0.1, 0.15) is 19.0 Å². The van der Waals surface area contributed by atoms with Gasteiger partial charge in [0.05, 0.1) is 23.8 Å². The summed E-state index contributed by atoms with van der Waals surface area (Å²) in [5.41, 5.74) is 0.0764. The van der Waals surface area contributed by atoms with Gasteiger partial charge in [0.2, 0.25) is 0 Å². The molecule has 2 aromatic rings. The molecule has 20 heavy (non-hydrogen) atoms. The highest BCUT2D eigenvalue weighted by molar-refractivity contribution is 5.88. The number of anilines is 1. The highest BCUT2D eigenvalue weighted by atomic mass is 19.1. The van der Waals surface area contributed by atoms with Gasteiger partial charge >= 0.3 is 0 Å². The van der Waals surface area contributed by atoms with Crippen molar-refractivity contribution >= 4 is 16.7 Å². The fraction of sp³-hybridized carbons (Fsp3) is 0.500. The van der Waals surface area contributed by atoms with Gasteiger partial charge in [-0.1, -0.05) is 0 Å². The maximum absolute atomic E-state index is 13.9. The summed E-state index contributed by atoms with van der Waals surface area (Å²) in [7, 11) is 0. The number of rotatable bonds is 1. The standard InChI is InChI=1S/C14H15FN4O/c15-11-7-16-6-10-12(11)17-9-18-13(10)19-4-1-2-14(8-19)3-5-20-14/h6-7,9H,1-5,8H2/i9D. The maximum Gasteiger partial charge on any atom is 0.167 e. The van der Waals surface area contributed by atoms with Gasteiger partial charge in [0.25, 0.3) is 0 Å². The number of hydrogen-bond donors (Lipinski definition) is 0. The van der Waals surface area contributed by atoms with E-state index in [1.807, 2.05) is 0 Å². The van der Waals surface area contributed by atoms with Crippen LogP contribution >= 0.6 is 0 Å². The first-order valence-corrected chi connectivity index (χ1v) is 6.84. The molecule has 0 amide bonds. The van der Waals surface area contributed by atoms with Crippen molar-refractivity contribution in [2.45, 2.75) is 24.9 Å². The lowest BCUT2D eigenvalue weighted by molar-refractivity contribution is -0.151. The van der Waals surface area contributed by atoms with Crippen LogP contribution in [-0.2, 0) is 4.74 Å². The molecule has 1 spiro atoms. The summed E-state index contributed by atoms with van der Waals surface area (Å²) in [6, 6.07) is 0. The lowest BCUT2D eigenvalue weighted by Crippen LogP contribution is -2.56. The number of fused-ring (bicyclic) bond motifs is 1. The summed E-state index contributed by atoms with van der Waals surface area (Å²) < 4.78 is 27.3. The third kappa shape index (κ3) is 1.75. The highest BCUT2D eigenvalue weighted by Gasteiger charge is 2.42. The maximum atomic E-state index is 13.9. The Morgan fingerprint density at radius 2 is 2.25 bits per heavy atom. The Labute approximate surface area is 117 Å². The van der Waals surface area contributed by atoms with E-state index in [-0.39, 0.29) is 17.4 Å². The number of aromatic nitrogens is 3. The average Bonchev–Trinajstić information content (AvgIpc) is 2.46. The van der Waals surface area contributed by atoms with Gasteiger partial charge in [-0.3, -0.25) is 4.98 Å². The Hall–Kier alpha value is -1.82. The Kier molecular flexibility index (Phi) is 2.37. The number of piperidine rings is 1. The van der Waals surface area contributed by atoms with Gasteiger partial charge < -0.3 is 9.64 Å². The number of ether oxygens (including phenoxy) is 1. The van der Waals surface area contributed by atoms with E-state index >= 15 is 0 Å². The Morgan fingerprint density at radius 1 is 1.35 bits per heavy atom.